The van der Waals surface area contributed by atoms with Gasteiger partial charge in [-0.2, -0.15) is 0 Å². The lowest BCUT2D eigenvalue weighted by Crippen LogP contribution is -2.55. The van der Waals surface area contributed by atoms with E-state index in [1.807, 2.05) is 0 Å². The van der Waals surface area contributed by atoms with Crippen molar-refractivity contribution in [2.24, 2.45) is 0 Å². The van der Waals surface area contributed by atoms with Gasteiger partial charge in [0.1, 0.15) is 12.1 Å². The molecule has 1 rings (SSSR count). The van der Waals surface area contributed by atoms with Crippen LogP contribution in [0.1, 0.15) is 25.7 Å². The van der Waals surface area contributed by atoms with E-state index >= 15 is 0 Å². The first-order chi connectivity index (χ1) is 9.51. The van der Waals surface area contributed by atoms with Crippen molar-refractivity contribution in [3.8, 4) is 0 Å². The van der Waals surface area contributed by atoms with Crippen LogP contribution in [0.4, 0.5) is 4.79 Å². The summed E-state index contributed by atoms with van der Waals surface area (Å²) < 4.78 is 4.68. The van der Waals surface area contributed by atoms with E-state index in [1.165, 1.54) is 18.1 Å². The molecule has 1 heterocycles. The van der Waals surface area contributed by atoms with Gasteiger partial charge in [0.2, 0.25) is 0 Å². The Morgan fingerprint density at radius 1 is 1.50 bits per heavy atom. The van der Waals surface area contributed by atoms with E-state index in [2.05, 4.69) is 16.6 Å². The number of piperidine rings is 1. The molecule has 2 atom stereocenters. The van der Waals surface area contributed by atoms with Crippen LogP contribution in [0.2, 0.25) is 0 Å². The lowest BCUT2D eigenvalue weighted by Gasteiger charge is -2.34. The highest BCUT2D eigenvalue weighted by Gasteiger charge is 2.34. The average molecular weight is 284 g/mol. The predicted molar refractivity (Wildman–Crippen MR) is 71.1 cm³/mol. The molecule has 0 spiro atoms. The third-order valence-electron chi connectivity index (χ3n) is 3.24. The number of nitrogens with one attached hydrogen (secondary N) is 1. The fraction of sp³-hybridized carbons (Fsp3) is 0.615. The van der Waals surface area contributed by atoms with Gasteiger partial charge in [0, 0.05) is 6.54 Å². The molecular formula is C13H20N2O5. The Kier molecular flexibility index (Phi) is 6.02. The third kappa shape index (κ3) is 3.97. The number of hydrogen-bond acceptors (Lipinski definition) is 4. The highest BCUT2D eigenvalue weighted by molar-refractivity contribution is 5.86. The monoisotopic (exact) mass is 284 g/mol. The molecule has 0 aromatic carbocycles. The number of carboxylic acid groups (broad SMARTS) is 1. The van der Waals surface area contributed by atoms with Crippen molar-refractivity contribution in [3.63, 3.8) is 0 Å². The second kappa shape index (κ2) is 7.52. The van der Waals surface area contributed by atoms with Crippen molar-refractivity contribution >= 4 is 18.0 Å². The summed E-state index contributed by atoms with van der Waals surface area (Å²) in [5.41, 5.74) is 0. The molecule has 2 amide bonds. The molecule has 0 bridgehead atoms. The van der Waals surface area contributed by atoms with Gasteiger partial charge in [-0.25, -0.2) is 14.4 Å². The Bertz CT molecular complexity index is 396. The molecule has 1 saturated heterocycles. The fourth-order valence-electron chi connectivity index (χ4n) is 2.18. The van der Waals surface area contributed by atoms with Crippen molar-refractivity contribution in [1.29, 1.82) is 0 Å². The molecule has 112 valence electrons. The van der Waals surface area contributed by atoms with Gasteiger partial charge in [0.15, 0.2) is 0 Å². The Labute approximate surface area is 117 Å². The average Bonchev–Trinajstić information content (AvgIpc) is 2.45. The molecule has 0 aromatic rings. The number of hydrogen-bond donors (Lipinski definition) is 2. The SMILES string of the molecule is C=CCC(NC(=O)N1CCCCC1C(=O)OC)C(=O)O. The fourth-order valence-corrected chi connectivity index (χ4v) is 2.18. The maximum atomic E-state index is 12.1. The standard InChI is InChI=1S/C13H20N2O5/c1-3-6-9(11(16)17)14-13(19)15-8-5-4-7-10(15)12(18)20-2/h3,9-10H,1,4-8H2,2H3,(H,14,19)(H,16,17). The maximum absolute atomic E-state index is 12.1. The summed E-state index contributed by atoms with van der Waals surface area (Å²) in [7, 11) is 1.27. The maximum Gasteiger partial charge on any atom is 0.328 e. The van der Waals surface area contributed by atoms with E-state index in [9.17, 15) is 14.4 Å². The number of carbonyl (C=O) groups is 3. The minimum atomic E-state index is -1.13. The van der Waals surface area contributed by atoms with Crippen molar-refractivity contribution < 1.29 is 24.2 Å². The molecule has 7 heteroatoms. The van der Waals surface area contributed by atoms with Crippen LogP contribution < -0.4 is 5.32 Å². The van der Waals surface area contributed by atoms with Crippen molar-refractivity contribution in [2.45, 2.75) is 37.8 Å². The molecule has 0 saturated carbocycles. The number of nitrogens with zero attached hydrogens (tertiary/aromatic N) is 1. The first kappa shape index (κ1) is 16.0. The Morgan fingerprint density at radius 2 is 2.20 bits per heavy atom. The van der Waals surface area contributed by atoms with Gasteiger partial charge in [-0.1, -0.05) is 6.08 Å². The molecule has 7 nitrogen and oxygen atoms in total. The second-order valence-corrected chi connectivity index (χ2v) is 4.59. The van der Waals surface area contributed by atoms with Crippen LogP contribution >= 0.6 is 0 Å². The van der Waals surface area contributed by atoms with E-state index < -0.39 is 30.1 Å². The number of amides is 2. The first-order valence-corrected chi connectivity index (χ1v) is 6.50. The first-order valence-electron chi connectivity index (χ1n) is 6.50. The number of carbonyl (C=O) groups excluding carboxylic acids is 2. The summed E-state index contributed by atoms with van der Waals surface area (Å²) in [6, 6.07) is -2.25. The molecule has 0 radical (unpaired) electrons. The van der Waals surface area contributed by atoms with Gasteiger partial charge >= 0.3 is 18.0 Å². The summed E-state index contributed by atoms with van der Waals surface area (Å²) >= 11 is 0. The number of esters is 1. The van der Waals surface area contributed by atoms with E-state index in [-0.39, 0.29) is 6.42 Å². The normalized spacial score (nSPS) is 19.9. The molecule has 0 aliphatic carbocycles. The van der Waals surface area contributed by atoms with E-state index in [1.54, 1.807) is 0 Å². The highest BCUT2D eigenvalue weighted by Crippen LogP contribution is 2.18. The summed E-state index contributed by atoms with van der Waals surface area (Å²) in [4.78, 5) is 36.1. The van der Waals surface area contributed by atoms with Gasteiger partial charge in [-0.05, 0) is 25.7 Å². The van der Waals surface area contributed by atoms with Gasteiger partial charge < -0.3 is 20.1 Å². The molecule has 1 aliphatic heterocycles. The number of aliphatic carboxylic acids is 1. The van der Waals surface area contributed by atoms with Crippen LogP contribution in [-0.4, -0.2) is 53.7 Å². The zero-order valence-electron chi connectivity index (χ0n) is 11.5. The van der Waals surface area contributed by atoms with E-state index in [0.29, 0.717) is 13.0 Å². The van der Waals surface area contributed by atoms with Crippen LogP contribution in [0.5, 0.6) is 0 Å². The van der Waals surface area contributed by atoms with Crippen LogP contribution in [-0.2, 0) is 14.3 Å². The Hall–Kier alpha value is -2.05. The Morgan fingerprint density at radius 3 is 2.75 bits per heavy atom. The molecule has 1 aliphatic rings. The van der Waals surface area contributed by atoms with Crippen molar-refractivity contribution in [1.82, 2.24) is 10.2 Å². The third-order valence-corrected chi connectivity index (χ3v) is 3.24. The van der Waals surface area contributed by atoms with E-state index in [4.69, 9.17) is 5.11 Å². The molecule has 20 heavy (non-hydrogen) atoms. The van der Waals surface area contributed by atoms with Crippen LogP contribution in [0.15, 0.2) is 12.7 Å². The smallest absolute Gasteiger partial charge is 0.328 e. The largest absolute Gasteiger partial charge is 0.480 e. The van der Waals surface area contributed by atoms with Gasteiger partial charge in [-0.3, -0.25) is 0 Å². The lowest BCUT2D eigenvalue weighted by atomic mass is 10.0. The zero-order valence-corrected chi connectivity index (χ0v) is 11.5. The molecule has 0 aromatic heterocycles. The number of carboxylic acids is 1. The topological polar surface area (TPSA) is 95.9 Å². The van der Waals surface area contributed by atoms with Crippen LogP contribution in [0, 0.1) is 0 Å². The van der Waals surface area contributed by atoms with Crippen LogP contribution in [0.3, 0.4) is 0 Å². The lowest BCUT2D eigenvalue weighted by molar-refractivity contribution is -0.146. The highest BCUT2D eigenvalue weighted by atomic mass is 16.5. The number of ether oxygens (including phenoxy) is 1. The van der Waals surface area contributed by atoms with Crippen molar-refractivity contribution in [2.75, 3.05) is 13.7 Å². The van der Waals surface area contributed by atoms with Gasteiger partial charge in [0.25, 0.3) is 0 Å². The number of methoxy groups -OCH3 is 1. The molecule has 1 fully saturated rings. The van der Waals surface area contributed by atoms with E-state index in [0.717, 1.165) is 12.8 Å². The van der Waals surface area contributed by atoms with Crippen molar-refractivity contribution in [3.05, 3.63) is 12.7 Å². The predicted octanol–water partition coefficient (Wildman–Crippen LogP) is 0.753. The molecular weight excluding hydrogens is 264 g/mol. The van der Waals surface area contributed by atoms with Gasteiger partial charge in [-0.15, -0.1) is 6.58 Å². The molecule has 2 unspecified atom stereocenters. The summed E-state index contributed by atoms with van der Waals surface area (Å²) in [5.74, 6) is -1.61. The number of urea groups is 1. The zero-order chi connectivity index (χ0) is 15.1. The summed E-state index contributed by atoms with van der Waals surface area (Å²) in [6.07, 6.45) is 3.68. The number of rotatable bonds is 5. The second-order valence-electron chi connectivity index (χ2n) is 4.59. The van der Waals surface area contributed by atoms with Gasteiger partial charge in [0.05, 0.1) is 7.11 Å². The Balaban J connectivity index is 2.74. The van der Waals surface area contributed by atoms with Crippen LogP contribution in [0.25, 0.3) is 0 Å². The minimum absolute atomic E-state index is 0.123. The minimum Gasteiger partial charge on any atom is -0.480 e. The summed E-state index contributed by atoms with van der Waals surface area (Å²) in [6.45, 7) is 3.87. The quantitative estimate of drug-likeness (QED) is 0.574. The molecule has 2 N–H and O–H groups in total. The summed E-state index contributed by atoms with van der Waals surface area (Å²) in [5, 5.41) is 11.4. The number of likely N-dealkylation sites (tertiary alicyclic amines) is 1.